The summed E-state index contributed by atoms with van der Waals surface area (Å²) in [4.78, 5) is 4.36. The summed E-state index contributed by atoms with van der Waals surface area (Å²) in [6.45, 7) is 1.65. The van der Waals surface area contributed by atoms with Gasteiger partial charge in [0.25, 0.3) is 0 Å². The average molecular weight is 377 g/mol. The molecule has 0 unspecified atom stereocenters. The number of hydrogen-bond acceptors (Lipinski definition) is 2. The second-order valence-electron chi connectivity index (χ2n) is 4.87. The van der Waals surface area contributed by atoms with E-state index in [1.165, 1.54) is 32.1 Å². The molecule has 3 N–H and O–H groups in total. The van der Waals surface area contributed by atoms with Gasteiger partial charge in [-0.2, -0.15) is 5.10 Å². The molecule has 19 heavy (non-hydrogen) atoms. The van der Waals surface area contributed by atoms with Gasteiger partial charge in [0.15, 0.2) is 5.96 Å². The quantitative estimate of drug-likeness (QED) is 0.358. The third kappa shape index (κ3) is 6.26. The highest BCUT2D eigenvalue weighted by Crippen LogP contribution is 2.16. The summed E-state index contributed by atoms with van der Waals surface area (Å²) in [6, 6.07) is 2.47. The molecule has 0 amide bonds. The number of nitrogens with zero attached hydrogens (tertiary/aromatic N) is 3. The zero-order chi connectivity index (χ0) is 12.6. The van der Waals surface area contributed by atoms with Crippen LogP contribution in [0.4, 0.5) is 0 Å². The van der Waals surface area contributed by atoms with E-state index >= 15 is 0 Å². The van der Waals surface area contributed by atoms with Crippen LogP contribution in [0.5, 0.6) is 0 Å². The van der Waals surface area contributed by atoms with Crippen LogP contribution < -0.4 is 11.1 Å². The van der Waals surface area contributed by atoms with Gasteiger partial charge in [0.2, 0.25) is 0 Å². The van der Waals surface area contributed by atoms with Crippen molar-refractivity contribution in [2.75, 3.05) is 6.54 Å². The summed E-state index contributed by atoms with van der Waals surface area (Å²) in [6.07, 6.45) is 11.2. The predicted octanol–water partition coefficient (Wildman–Crippen LogP) is 2.13. The third-order valence-corrected chi connectivity index (χ3v) is 3.34. The van der Waals surface area contributed by atoms with Crippen molar-refractivity contribution in [3.63, 3.8) is 0 Å². The van der Waals surface area contributed by atoms with Gasteiger partial charge in [-0.1, -0.05) is 19.3 Å². The Balaban J connectivity index is 0.00000180. The first-order valence-corrected chi connectivity index (χ1v) is 6.88. The van der Waals surface area contributed by atoms with Gasteiger partial charge in [-0.3, -0.25) is 9.67 Å². The van der Waals surface area contributed by atoms with Crippen LogP contribution >= 0.6 is 24.0 Å². The highest BCUT2D eigenvalue weighted by molar-refractivity contribution is 14.0. The zero-order valence-electron chi connectivity index (χ0n) is 11.3. The average Bonchev–Trinajstić information content (AvgIpc) is 2.89. The lowest BCUT2D eigenvalue weighted by Gasteiger charge is -2.23. The molecule has 0 aliphatic heterocycles. The van der Waals surface area contributed by atoms with Crippen LogP contribution in [0.3, 0.4) is 0 Å². The van der Waals surface area contributed by atoms with Gasteiger partial charge in [0.1, 0.15) is 0 Å². The van der Waals surface area contributed by atoms with Crippen molar-refractivity contribution in [1.29, 1.82) is 0 Å². The lowest BCUT2D eigenvalue weighted by molar-refractivity contribution is 0.412. The summed E-state index contributed by atoms with van der Waals surface area (Å²) in [5.74, 6) is 0.599. The van der Waals surface area contributed by atoms with Crippen LogP contribution in [0.2, 0.25) is 0 Å². The molecule has 1 heterocycles. The monoisotopic (exact) mass is 377 g/mol. The van der Waals surface area contributed by atoms with Crippen molar-refractivity contribution in [2.24, 2.45) is 10.7 Å². The smallest absolute Gasteiger partial charge is 0.188 e. The molecule has 5 nitrogen and oxygen atoms in total. The molecule has 1 fully saturated rings. The van der Waals surface area contributed by atoms with Gasteiger partial charge in [-0.05, 0) is 25.3 Å². The van der Waals surface area contributed by atoms with E-state index in [2.05, 4.69) is 15.4 Å². The lowest BCUT2D eigenvalue weighted by Crippen LogP contribution is -2.41. The van der Waals surface area contributed by atoms with Crippen LogP contribution in [0.1, 0.15) is 38.5 Å². The number of rotatable bonds is 5. The Morgan fingerprint density at radius 1 is 1.37 bits per heavy atom. The van der Waals surface area contributed by atoms with E-state index in [1.807, 2.05) is 16.9 Å². The van der Waals surface area contributed by atoms with Gasteiger partial charge in [0, 0.05) is 31.5 Å². The maximum Gasteiger partial charge on any atom is 0.188 e. The van der Waals surface area contributed by atoms with Crippen molar-refractivity contribution < 1.29 is 0 Å². The van der Waals surface area contributed by atoms with Gasteiger partial charge >= 0.3 is 0 Å². The first-order chi connectivity index (χ1) is 8.84. The van der Waals surface area contributed by atoms with Crippen molar-refractivity contribution in [2.45, 2.75) is 51.1 Å². The van der Waals surface area contributed by atoms with Crippen LogP contribution in [0, 0.1) is 0 Å². The van der Waals surface area contributed by atoms with Gasteiger partial charge < -0.3 is 11.1 Å². The molecule has 1 aromatic heterocycles. The molecular formula is C13H24IN5. The first kappa shape index (κ1) is 16.3. The number of hydrogen-bond donors (Lipinski definition) is 2. The standard InChI is InChI=1S/C13H23N5.HI/c14-13(17-12-6-2-1-3-7-12)15-8-4-10-18-11-5-9-16-18;/h5,9,11-12H,1-4,6-8,10H2,(H3,14,15,17);1H. The number of halogens is 1. The highest BCUT2D eigenvalue weighted by Gasteiger charge is 2.12. The molecule has 1 aliphatic rings. The molecular weight excluding hydrogens is 353 g/mol. The van der Waals surface area contributed by atoms with Crippen molar-refractivity contribution >= 4 is 29.9 Å². The largest absolute Gasteiger partial charge is 0.370 e. The van der Waals surface area contributed by atoms with E-state index in [1.54, 1.807) is 6.20 Å². The Morgan fingerprint density at radius 2 is 2.16 bits per heavy atom. The van der Waals surface area contributed by atoms with Crippen LogP contribution in [0.25, 0.3) is 0 Å². The number of nitrogens with one attached hydrogen (secondary N) is 1. The topological polar surface area (TPSA) is 68.2 Å². The molecule has 0 bridgehead atoms. The number of aromatic nitrogens is 2. The second-order valence-corrected chi connectivity index (χ2v) is 4.87. The summed E-state index contributed by atoms with van der Waals surface area (Å²) >= 11 is 0. The molecule has 0 atom stereocenters. The minimum absolute atomic E-state index is 0. The lowest BCUT2D eigenvalue weighted by atomic mass is 9.96. The van der Waals surface area contributed by atoms with Crippen LogP contribution in [-0.4, -0.2) is 28.3 Å². The summed E-state index contributed by atoms with van der Waals surface area (Å²) in [5.41, 5.74) is 5.88. The van der Waals surface area contributed by atoms with E-state index in [4.69, 9.17) is 5.73 Å². The van der Waals surface area contributed by atoms with Crippen molar-refractivity contribution in [1.82, 2.24) is 15.1 Å². The van der Waals surface area contributed by atoms with E-state index in [-0.39, 0.29) is 24.0 Å². The Labute approximate surface area is 132 Å². The van der Waals surface area contributed by atoms with Gasteiger partial charge in [0.05, 0.1) is 0 Å². The van der Waals surface area contributed by atoms with Crippen molar-refractivity contribution in [3.05, 3.63) is 18.5 Å². The molecule has 0 saturated heterocycles. The summed E-state index contributed by atoms with van der Waals surface area (Å²) in [5, 5.41) is 7.47. The second kappa shape index (κ2) is 9.17. The maximum absolute atomic E-state index is 5.88. The van der Waals surface area contributed by atoms with E-state index in [0.29, 0.717) is 12.0 Å². The zero-order valence-corrected chi connectivity index (χ0v) is 13.6. The Hall–Kier alpha value is -0.790. The van der Waals surface area contributed by atoms with E-state index < -0.39 is 0 Å². The molecule has 1 aliphatic carbocycles. The number of aliphatic imine (C=N–C) groups is 1. The predicted molar refractivity (Wildman–Crippen MR) is 88.8 cm³/mol. The molecule has 1 aromatic rings. The third-order valence-electron chi connectivity index (χ3n) is 3.34. The fraction of sp³-hybridized carbons (Fsp3) is 0.692. The summed E-state index contributed by atoms with van der Waals surface area (Å²) in [7, 11) is 0. The molecule has 0 aromatic carbocycles. The first-order valence-electron chi connectivity index (χ1n) is 6.88. The number of aryl methyl sites for hydroxylation is 1. The van der Waals surface area contributed by atoms with Gasteiger partial charge in [-0.25, -0.2) is 0 Å². The minimum atomic E-state index is 0. The van der Waals surface area contributed by atoms with E-state index in [9.17, 15) is 0 Å². The van der Waals surface area contributed by atoms with Crippen molar-refractivity contribution in [3.8, 4) is 0 Å². The number of guanidine groups is 1. The molecule has 2 rings (SSSR count). The molecule has 0 spiro atoms. The molecule has 6 heteroatoms. The minimum Gasteiger partial charge on any atom is -0.370 e. The molecule has 0 radical (unpaired) electrons. The molecule has 108 valence electrons. The molecule has 1 saturated carbocycles. The Kier molecular flexibility index (Phi) is 7.85. The Bertz CT molecular complexity index is 357. The summed E-state index contributed by atoms with van der Waals surface area (Å²) < 4.78 is 1.92. The fourth-order valence-electron chi connectivity index (χ4n) is 2.37. The Morgan fingerprint density at radius 3 is 2.84 bits per heavy atom. The SMILES string of the molecule is I.NC(=NCCCn1cccn1)NC1CCCCC1. The normalized spacial score (nSPS) is 16.9. The van der Waals surface area contributed by atoms with Crippen LogP contribution in [-0.2, 0) is 6.54 Å². The number of nitrogens with two attached hydrogens (primary N) is 1. The van der Waals surface area contributed by atoms with E-state index in [0.717, 1.165) is 19.5 Å². The van der Waals surface area contributed by atoms with Gasteiger partial charge in [-0.15, -0.1) is 24.0 Å². The maximum atomic E-state index is 5.88. The van der Waals surface area contributed by atoms with Crippen LogP contribution in [0.15, 0.2) is 23.5 Å². The highest BCUT2D eigenvalue weighted by atomic mass is 127. The fourth-order valence-corrected chi connectivity index (χ4v) is 2.37.